The van der Waals surface area contributed by atoms with E-state index < -0.39 is 0 Å². The molecule has 0 radical (unpaired) electrons. The predicted octanol–water partition coefficient (Wildman–Crippen LogP) is 4.09. The van der Waals surface area contributed by atoms with Crippen LogP contribution in [0.1, 0.15) is 32.6 Å². The first-order valence-electron chi connectivity index (χ1n) is 6.32. The Kier molecular flexibility index (Phi) is 7.29. The molecule has 0 aliphatic heterocycles. The molecule has 0 bridgehead atoms. The number of unbranched alkanes of at least 4 members (excludes halogenated alkanes) is 2. The summed E-state index contributed by atoms with van der Waals surface area (Å²) in [5.74, 6) is 0.821. The van der Waals surface area contributed by atoms with Crippen LogP contribution >= 0.6 is 11.8 Å². The van der Waals surface area contributed by atoms with Gasteiger partial charge in [0, 0.05) is 16.7 Å². The van der Waals surface area contributed by atoms with Crippen molar-refractivity contribution in [1.82, 2.24) is 5.32 Å². The molecular formula is C14H22FNS. The van der Waals surface area contributed by atoms with Gasteiger partial charge in [-0.3, -0.25) is 0 Å². The molecule has 0 aliphatic rings. The fourth-order valence-electron chi connectivity index (χ4n) is 1.70. The molecule has 1 aromatic rings. The van der Waals surface area contributed by atoms with Crippen molar-refractivity contribution in [2.24, 2.45) is 0 Å². The summed E-state index contributed by atoms with van der Waals surface area (Å²) in [5.41, 5.74) is 0. The van der Waals surface area contributed by atoms with Crippen LogP contribution in [0.15, 0.2) is 29.2 Å². The fraction of sp³-hybridized carbons (Fsp3) is 0.571. The Morgan fingerprint density at radius 3 is 2.71 bits per heavy atom. The minimum atomic E-state index is -0.110. The van der Waals surface area contributed by atoms with Crippen LogP contribution in [0.5, 0.6) is 0 Å². The molecule has 0 spiro atoms. The molecule has 0 aromatic heterocycles. The van der Waals surface area contributed by atoms with Crippen LogP contribution in [-0.4, -0.2) is 18.8 Å². The summed E-state index contributed by atoms with van der Waals surface area (Å²) in [5, 5.41) is 3.31. The van der Waals surface area contributed by atoms with E-state index in [2.05, 4.69) is 12.2 Å². The van der Waals surface area contributed by atoms with Gasteiger partial charge in [0.25, 0.3) is 0 Å². The zero-order valence-corrected chi connectivity index (χ0v) is 11.5. The molecule has 0 saturated carbocycles. The van der Waals surface area contributed by atoms with Crippen molar-refractivity contribution >= 4 is 11.8 Å². The third kappa shape index (κ3) is 5.55. The Morgan fingerprint density at radius 2 is 2.06 bits per heavy atom. The third-order valence-electron chi connectivity index (χ3n) is 2.84. The average molecular weight is 255 g/mol. The minimum Gasteiger partial charge on any atom is -0.316 e. The first kappa shape index (κ1) is 14.5. The number of benzene rings is 1. The molecule has 1 rings (SSSR count). The van der Waals surface area contributed by atoms with E-state index in [0.717, 1.165) is 10.6 Å². The summed E-state index contributed by atoms with van der Waals surface area (Å²) in [6.45, 7) is 2.21. The van der Waals surface area contributed by atoms with Gasteiger partial charge in [0.15, 0.2) is 0 Å². The molecule has 0 heterocycles. The largest absolute Gasteiger partial charge is 0.316 e. The Bertz CT molecular complexity index is 317. The van der Waals surface area contributed by atoms with Crippen molar-refractivity contribution in [2.45, 2.75) is 43.5 Å². The quantitative estimate of drug-likeness (QED) is 0.555. The van der Waals surface area contributed by atoms with Crippen LogP contribution in [0.25, 0.3) is 0 Å². The van der Waals surface area contributed by atoms with Gasteiger partial charge in [0.05, 0.1) is 0 Å². The lowest BCUT2D eigenvalue weighted by molar-refractivity contribution is 0.531. The highest BCUT2D eigenvalue weighted by Gasteiger charge is 2.08. The highest BCUT2D eigenvalue weighted by molar-refractivity contribution is 7.99. The van der Waals surface area contributed by atoms with Crippen LogP contribution in [0.2, 0.25) is 0 Å². The van der Waals surface area contributed by atoms with Crippen molar-refractivity contribution in [3.05, 3.63) is 30.1 Å². The lowest BCUT2D eigenvalue weighted by Crippen LogP contribution is -2.27. The summed E-state index contributed by atoms with van der Waals surface area (Å²) in [6.07, 6.45) is 4.95. The van der Waals surface area contributed by atoms with E-state index in [4.69, 9.17) is 0 Å². The molecule has 0 aliphatic carbocycles. The van der Waals surface area contributed by atoms with Gasteiger partial charge in [-0.05, 0) is 25.6 Å². The molecule has 0 fully saturated rings. The first-order valence-corrected chi connectivity index (χ1v) is 7.31. The SMILES string of the molecule is CCCCCC(CSc1ccccc1F)NC. The summed E-state index contributed by atoms with van der Waals surface area (Å²) in [4.78, 5) is 0.753. The smallest absolute Gasteiger partial charge is 0.136 e. The van der Waals surface area contributed by atoms with E-state index in [1.165, 1.54) is 31.7 Å². The maximum Gasteiger partial charge on any atom is 0.136 e. The van der Waals surface area contributed by atoms with Crippen molar-refractivity contribution in [3.8, 4) is 0 Å². The van der Waals surface area contributed by atoms with Crippen LogP contribution in [0, 0.1) is 5.82 Å². The number of hydrogen-bond donors (Lipinski definition) is 1. The van der Waals surface area contributed by atoms with Crippen molar-refractivity contribution < 1.29 is 4.39 Å². The highest BCUT2D eigenvalue weighted by atomic mass is 32.2. The van der Waals surface area contributed by atoms with Crippen molar-refractivity contribution in [3.63, 3.8) is 0 Å². The molecule has 3 heteroatoms. The van der Waals surface area contributed by atoms with Crippen molar-refractivity contribution in [1.29, 1.82) is 0 Å². The van der Waals surface area contributed by atoms with Gasteiger partial charge in [-0.1, -0.05) is 38.3 Å². The minimum absolute atomic E-state index is 0.110. The Morgan fingerprint density at radius 1 is 1.29 bits per heavy atom. The molecule has 17 heavy (non-hydrogen) atoms. The summed E-state index contributed by atoms with van der Waals surface area (Å²) < 4.78 is 13.4. The topological polar surface area (TPSA) is 12.0 Å². The fourth-order valence-corrected chi connectivity index (χ4v) is 2.80. The summed E-state index contributed by atoms with van der Waals surface area (Å²) in [7, 11) is 1.98. The van der Waals surface area contributed by atoms with Crippen LogP contribution < -0.4 is 5.32 Å². The second-order valence-electron chi connectivity index (χ2n) is 4.22. The monoisotopic (exact) mass is 255 g/mol. The van der Waals surface area contributed by atoms with Crippen molar-refractivity contribution in [2.75, 3.05) is 12.8 Å². The number of halogens is 1. The number of nitrogens with one attached hydrogen (secondary N) is 1. The predicted molar refractivity (Wildman–Crippen MR) is 74.1 cm³/mol. The van der Waals surface area contributed by atoms with E-state index in [0.29, 0.717) is 6.04 Å². The standard InChI is InChI=1S/C14H22FNS/c1-3-4-5-8-12(16-2)11-17-14-10-7-6-9-13(14)15/h6-7,9-10,12,16H,3-5,8,11H2,1-2H3. The maximum atomic E-state index is 13.4. The normalized spacial score (nSPS) is 12.6. The lowest BCUT2D eigenvalue weighted by Gasteiger charge is -2.15. The maximum absolute atomic E-state index is 13.4. The average Bonchev–Trinajstić information content (AvgIpc) is 2.35. The number of hydrogen-bond acceptors (Lipinski definition) is 2. The van der Waals surface area contributed by atoms with Gasteiger partial charge in [-0.15, -0.1) is 11.8 Å². The molecular weight excluding hydrogens is 233 g/mol. The molecule has 1 atom stereocenters. The zero-order valence-electron chi connectivity index (χ0n) is 10.7. The van der Waals surface area contributed by atoms with Crippen LogP contribution in [-0.2, 0) is 0 Å². The second-order valence-corrected chi connectivity index (χ2v) is 5.28. The Labute approximate surface area is 108 Å². The van der Waals surface area contributed by atoms with Gasteiger partial charge in [-0.25, -0.2) is 4.39 Å². The summed E-state index contributed by atoms with van der Waals surface area (Å²) in [6, 6.07) is 7.46. The Balaban J connectivity index is 2.34. The second kappa shape index (κ2) is 8.54. The van der Waals surface area contributed by atoms with E-state index >= 15 is 0 Å². The van der Waals surface area contributed by atoms with Gasteiger partial charge in [0.1, 0.15) is 5.82 Å². The van der Waals surface area contributed by atoms with Gasteiger partial charge in [-0.2, -0.15) is 0 Å². The third-order valence-corrected chi connectivity index (χ3v) is 4.05. The van der Waals surface area contributed by atoms with Crippen LogP contribution in [0.4, 0.5) is 4.39 Å². The van der Waals surface area contributed by atoms with E-state index in [-0.39, 0.29) is 5.82 Å². The Hall–Kier alpha value is -0.540. The van der Waals surface area contributed by atoms with E-state index in [9.17, 15) is 4.39 Å². The lowest BCUT2D eigenvalue weighted by atomic mass is 10.1. The van der Waals surface area contributed by atoms with Gasteiger partial charge in [0.2, 0.25) is 0 Å². The van der Waals surface area contributed by atoms with E-state index in [1.807, 2.05) is 19.2 Å². The highest BCUT2D eigenvalue weighted by Crippen LogP contribution is 2.22. The molecule has 1 nitrogen and oxygen atoms in total. The molecule has 1 aromatic carbocycles. The molecule has 96 valence electrons. The van der Waals surface area contributed by atoms with Gasteiger partial charge >= 0.3 is 0 Å². The molecule has 1 unspecified atom stereocenters. The number of thioether (sulfide) groups is 1. The van der Waals surface area contributed by atoms with Crippen LogP contribution in [0.3, 0.4) is 0 Å². The zero-order chi connectivity index (χ0) is 12.5. The number of rotatable bonds is 8. The first-order chi connectivity index (χ1) is 8.27. The molecule has 0 saturated heterocycles. The van der Waals surface area contributed by atoms with Gasteiger partial charge < -0.3 is 5.32 Å². The molecule has 0 amide bonds. The summed E-state index contributed by atoms with van der Waals surface area (Å²) >= 11 is 1.60. The van der Waals surface area contributed by atoms with E-state index in [1.54, 1.807) is 17.8 Å². The molecule has 1 N–H and O–H groups in total.